The molecular weight excluding hydrogens is 171 g/mol. The zero-order valence-electron chi connectivity index (χ0n) is 6.27. The monoisotopic (exact) mass is 180 g/mol. The van der Waals surface area contributed by atoms with Gasteiger partial charge in [-0.05, 0) is 13.8 Å². The van der Waals surface area contributed by atoms with E-state index in [9.17, 15) is 9.36 Å². The smallest absolute Gasteiger partial charge is 0.432 e. The first-order chi connectivity index (χ1) is 5.16. The Hall–Kier alpha value is -0.670. The molecule has 0 saturated carbocycles. The van der Waals surface area contributed by atoms with Crippen LogP contribution >= 0.6 is 8.69 Å². The van der Waals surface area contributed by atoms with Gasteiger partial charge in [-0.15, -0.1) is 0 Å². The van der Waals surface area contributed by atoms with E-state index >= 15 is 0 Å². The average molecular weight is 180 g/mol. The van der Waals surface area contributed by atoms with Crippen LogP contribution in [0.3, 0.4) is 0 Å². The minimum absolute atomic E-state index is 0.229. The van der Waals surface area contributed by atoms with Crippen molar-refractivity contribution in [3.05, 3.63) is 0 Å². The van der Waals surface area contributed by atoms with E-state index < -0.39 is 14.8 Å². The maximum Gasteiger partial charge on any atom is 0.510 e. The summed E-state index contributed by atoms with van der Waals surface area (Å²) in [4.78, 5) is 10.5. The molecule has 0 aliphatic rings. The van der Waals surface area contributed by atoms with E-state index in [1.807, 2.05) is 0 Å². The maximum absolute atomic E-state index is 10.5. The highest BCUT2D eigenvalue weighted by molar-refractivity contribution is 7.17. The molecule has 0 N–H and O–H groups in total. The van der Waals surface area contributed by atoms with E-state index in [1.54, 1.807) is 13.8 Å². The summed E-state index contributed by atoms with van der Waals surface area (Å²) in [5, 5.41) is 0. The van der Waals surface area contributed by atoms with Crippen molar-refractivity contribution in [2.75, 3.05) is 6.79 Å². The molecule has 0 amide bonds. The first kappa shape index (κ1) is 10.3. The van der Waals surface area contributed by atoms with E-state index in [2.05, 4.69) is 14.0 Å². The molecule has 0 aromatic rings. The molecule has 0 bridgehead atoms. The molecule has 5 nitrogen and oxygen atoms in total. The molecule has 0 aliphatic carbocycles. The number of hydrogen-bond donors (Lipinski definition) is 0. The second kappa shape index (κ2) is 6.07. The van der Waals surface area contributed by atoms with Crippen molar-refractivity contribution in [2.45, 2.75) is 20.0 Å². The van der Waals surface area contributed by atoms with Crippen LogP contribution < -0.4 is 0 Å². The minimum Gasteiger partial charge on any atom is -0.432 e. The Kier molecular flexibility index (Phi) is 5.70. The Bertz CT molecular complexity index is 135. The van der Waals surface area contributed by atoms with Gasteiger partial charge in [0.1, 0.15) is 0 Å². The highest BCUT2D eigenvalue weighted by atomic mass is 31.1. The van der Waals surface area contributed by atoms with Crippen molar-refractivity contribution in [2.24, 2.45) is 0 Å². The molecule has 0 aromatic carbocycles. The van der Waals surface area contributed by atoms with Gasteiger partial charge < -0.3 is 9.47 Å². The van der Waals surface area contributed by atoms with Crippen molar-refractivity contribution >= 4 is 14.8 Å². The number of rotatable bonds is 4. The summed E-state index contributed by atoms with van der Waals surface area (Å²) in [5.74, 6) is 0. The summed E-state index contributed by atoms with van der Waals surface area (Å²) in [6, 6.07) is 0. The van der Waals surface area contributed by atoms with Crippen molar-refractivity contribution in [1.29, 1.82) is 0 Å². The zero-order chi connectivity index (χ0) is 8.69. The lowest BCUT2D eigenvalue weighted by molar-refractivity contribution is -0.00434. The Morgan fingerprint density at radius 3 is 2.64 bits per heavy atom. The Labute approximate surface area is 65.9 Å². The van der Waals surface area contributed by atoms with E-state index in [0.717, 1.165) is 0 Å². The molecule has 0 fully saturated rings. The Balaban J connectivity index is 3.30. The minimum atomic E-state index is -0.830. The van der Waals surface area contributed by atoms with Crippen LogP contribution in [0.2, 0.25) is 0 Å². The Morgan fingerprint density at radius 1 is 1.55 bits per heavy atom. The van der Waals surface area contributed by atoms with Gasteiger partial charge in [0.25, 0.3) is 0 Å². The number of carbonyl (C=O) groups is 1. The number of hydrogen-bond acceptors (Lipinski definition) is 5. The normalized spacial score (nSPS) is 10.1. The second-order valence-corrected chi connectivity index (χ2v) is 2.29. The van der Waals surface area contributed by atoms with Crippen LogP contribution in [0.25, 0.3) is 0 Å². The fourth-order valence-electron chi connectivity index (χ4n) is 0.322. The third-order valence-corrected chi connectivity index (χ3v) is 0.825. The summed E-state index contributed by atoms with van der Waals surface area (Å²) in [6.07, 6.45) is -1.06. The predicted octanol–water partition coefficient (Wildman–Crippen LogP) is 1.73. The third kappa shape index (κ3) is 7.22. The van der Waals surface area contributed by atoms with Crippen molar-refractivity contribution in [1.82, 2.24) is 0 Å². The van der Waals surface area contributed by atoms with Gasteiger partial charge in [0.05, 0.1) is 6.10 Å². The Morgan fingerprint density at radius 2 is 2.18 bits per heavy atom. The lowest BCUT2D eigenvalue weighted by Gasteiger charge is -2.06. The average Bonchev–Trinajstić information content (AvgIpc) is 1.86. The third-order valence-electron chi connectivity index (χ3n) is 0.614. The lowest BCUT2D eigenvalue weighted by Crippen LogP contribution is -2.13. The fourth-order valence-corrected chi connectivity index (χ4v) is 0.418. The summed E-state index contributed by atoms with van der Waals surface area (Å²) < 4.78 is 22.7. The van der Waals surface area contributed by atoms with Crippen LogP contribution in [-0.4, -0.2) is 19.1 Å². The summed E-state index contributed by atoms with van der Waals surface area (Å²) in [5.41, 5.74) is 0. The summed E-state index contributed by atoms with van der Waals surface area (Å²) in [7, 11) is -0.525. The number of ether oxygens (including phenoxy) is 2. The van der Waals surface area contributed by atoms with Crippen LogP contribution in [0, 0.1) is 0 Å². The standard InChI is InChI=1S/C5H9O5P/c1-4(2)10-5(6)8-3-9-11-7/h4H,3H2,1-2H3. The van der Waals surface area contributed by atoms with E-state index in [1.165, 1.54) is 0 Å². The van der Waals surface area contributed by atoms with E-state index in [-0.39, 0.29) is 12.9 Å². The topological polar surface area (TPSA) is 61.8 Å². The fraction of sp³-hybridized carbons (Fsp3) is 0.800. The zero-order valence-corrected chi connectivity index (χ0v) is 7.17. The predicted molar refractivity (Wildman–Crippen MR) is 36.3 cm³/mol. The second-order valence-electron chi connectivity index (χ2n) is 1.88. The maximum atomic E-state index is 10.5. The molecule has 11 heavy (non-hydrogen) atoms. The van der Waals surface area contributed by atoms with Crippen molar-refractivity contribution in [3.63, 3.8) is 0 Å². The number of carbonyl (C=O) groups excluding carboxylic acids is 1. The van der Waals surface area contributed by atoms with Gasteiger partial charge in [0, 0.05) is 0 Å². The molecule has 0 atom stereocenters. The summed E-state index contributed by atoms with van der Waals surface area (Å²) in [6.45, 7) is 3.01. The first-order valence-electron chi connectivity index (χ1n) is 2.95. The van der Waals surface area contributed by atoms with Gasteiger partial charge in [0.2, 0.25) is 6.79 Å². The van der Waals surface area contributed by atoms with Crippen LogP contribution in [-0.2, 0) is 18.6 Å². The van der Waals surface area contributed by atoms with Gasteiger partial charge in [-0.25, -0.2) is 9.36 Å². The molecule has 0 radical (unpaired) electrons. The van der Waals surface area contributed by atoms with E-state index in [0.29, 0.717) is 0 Å². The highest BCUT2D eigenvalue weighted by Gasteiger charge is 2.05. The summed E-state index contributed by atoms with van der Waals surface area (Å²) >= 11 is 0. The molecule has 0 saturated heterocycles. The highest BCUT2D eigenvalue weighted by Crippen LogP contribution is 1.97. The van der Waals surface area contributed by atoms with Gasteiger partial charge in [0.15, 0.2) is 0 Å². The lowest BCUT2D eigenvalue weighted by atomic mass is 10.5. The van der Waals surface area contributed by atoms with Crippen LogP contribution in [0.4, 0.5) is 4.79 Å². The molecule has 0 aromatic heterocycles. The first-order valence-corrected chi connectivity index (χ1v) is 3.68. The molecule has 6 heteroatoms. The van der Waals surface area contributed by atoms with Crippen molar-refractivity contribution < 1.29 is 23.4 Å². The molecule has 0 spiro atoms. The van der Waals surface area contributed by atoms with Gasteiger partial charge in [-0.1, -0.05) is 0 Å². The largest absolute Gasteiger partial charge is 0.510 e. The van der Waals surface area contributed by atoms with Gasteiger partial charge in [-0.2, -0.15) is 0 Å². The van der Waals surface area contributed by atoms with Gasteiger partial charge >= 0.3 is 14.8 Å². The van der Waals surface area contributed by atoms with Crippen LogP contribution in [0.1, 0.15) is 13.8 Å². The van der Waals surface area contributed by atoms with E-state index in [4.69, 9.17) is 0 Å². The van der Waals surface area contributed by atoms with Crippen LogP contribution in [0.15, 0.2) is 0 Å². The molecule has 0 unspecified atom stereocenters. The quantitative estimate of drug-likeness (QED) is 0.285. The van der Waals surface area contributed by atoms with Crippen LogP contribution in [0.5, 0.6) is 0 Å². The molecule has 0 rings (SSSR count). The SMILES string of the molecule is CC(C)OC(=O)OCOP=O. The molecule has 0 aliphatic heterocycles. The van der Waals surface area contributed by atoms with Crippen molar-refractivity contribution in [3.8, 4) is 0 Å². The van der Waals surface area contributed by atoms with Gasteiger partial charge in [-0.3, -0.25) is 4.52 Å². The molecular formula is C5H9O5P. The molecule has 64 valence electrons. The molecule has 0 heterocycles.